The van der Waals surface area contributed by atoms with Crippen LogP contribution in [0.3, 0.4) is 0 Å². The third-order valence-corrected chi connectivity index (χ3v) is 4.64. The summed E-state index contributed by atoms with van der Waals surface area (Å²) in [5.41, 5.74) is 6.74. The smallest absolute Gasteiger partial charge is 0.0194 e. The van der Waals surface area contributed by atoms with E-state index in [9.17, 15) is 0 Å². The van der Waals surface area contributed by atoms with Crippen LogP contribution in [0.4, 0.5) is 0 Å². The molecule has 3 unspecified atom stereocenters. The summed E-state index contributed by atoms with van der Waals surface area (Å²) in [5.74, 6) is 0.713. The summed E-state index contributed by atoms with van der Waals surface area (Å²) in [7, 11) is 0. The standard InChI is InChI=1S/C12H24N2/c1-9-4-7-14(8-11(9)13)10(2)12(3)5-6-12/h9-11H,4-8,13H2,1-3H3. The van der Waals surface area contributed by atoms with Crippen molar-refractivity contribution in [3.05, 3.63) is 0 Å². The van der Waals surface area contributed by atoms with Crippen molar-refractivity contribution >= 4 is 0 Å². The van der Waals surface area contributed by atoms with E-state index in [1.165, 1.54) is 25.8 Å². The van der Waals surface area contributed by atoms with E-state index < -0.39 is 0 Å². The molecule has 1 heterocycles. The van der Waals surface area contributed by atoms with Gasteiger partial charge in [-0.25, -0.2) is 0 Å². The minimum absolute atomic E-state index is 0.397. The summed E-state index contributed by atoms with van der Waals surface area (Å²) in [6.45, 7) is 9.45. The molecule has 0 bridgehead atoms. The Labute approximate surface area is 87.8 Å². The fourth-order valence-corrected chi connectivity index (χ4v) is 2.53. The highest BCUT2D eigenvalue weighted by atomic mass is 15.2. The van der Waals surface area contributed by atoms with Crippen molar-refractivity contribution in [1.29, 1.82) is 0 Å². The van der Waals surface area contributed by atoms with Crippen LogP contribution in [0.25, 0.3) is 0 Å². The van der Waals surface area contributed by atoms with Gasteiger partial charge in [0.25, 0.3) is 0 Å². The van der Waals surface area contributed by atoms with Gasteiger partial charge in [0, 0.05) is 18.6 Å². The van der Waals surface area contributed by atoms with E-state index in [1.54, 1.807) is 0 Å². The second kappa shape index (κ2) is 3.49. The number of rotatable bonds is 2. The Bertz CT molecular complexity index is 210. The molecule has 2 N–H and O–H groups in total. The van der Waals surface area contributed by atoms with Gasteiger partial charge in [-0.2, -0.15) is 0 Å². The fraction of sp³-hybridized carbons (Fsp3) is 1.00. The Morgan fingerprint density at radius 3 is 2.57 bits per heavy atom. The van der Waals surface area contributed by atoms with Crippen molar-refractivity contribution < 1.29 is 0 Å². The SMILES string of the molecule is CC1CCN(C(C)C2(C)CC2)CC1N. The van der Waals surface area contributed by atoms with Gasteiger partial charge in [-0.1, -0.05) is 13.8 Å². The summed E-state index contributed by atoms with van der Waals surface area (Å²) in [6, 6.07) is 1.13. The minimum atomic E-state index is 0.397. The molecule has 14 heavy (non-hydrogen) atoms. The highest BCUT2D eigenvalue weighted by Gasteiger charge is 2.45. The molecule has 0 spiro atoms. The zero-order valence-electron chi connectivity index (χ0n) is 9.79. The highest BCUT2D eigenvalue weighted by Crippen LogP contribution is 2.50. The molecule has 0 amide bonds. The van der Waals surface area contributed by atoms with Crippen LogP contribution < -0.4 is 5.73 Å². The van der Waals surface area contributed by atoms with Crippen LogP contribution in [0.2, 0.25) is 0 Å². The summed E-state index contributed by atoms with van der Waals surface area (Å²) in [5, 5.41) is 0. The molecule has 0 radical (unpaired) electrons. The van der Waals surface area contributed by atoms with Gasteiger partial charge >= 0.3 is 0 Å². The lowest BCUT2D eigenvalue weighted by atomic mass is 9.90. The zero-order chi connectivity index (χ0) is 10.3. The fourth-order valence-electron chi connectivity index (χ4n) is 2.53. The van der Waals surface area contributed by atoms with Crippen LogP contribution in [-0.4, -0.2) is 30.1 Å². The summed E-state index contributed by atoms with van der Waals surface area (Å²) in [6.07, 6.45) is 4.10. The van der Waals surface area contributed by atoms with Gasteiger partial charge in [0.15, 0.2) is 0 Å². The monoisotopic (exact) mass is 196 g/mol. The number of hydrogen-bond acceptors (Lipinski definition) is 2. The molecular formula is C12H24N2. The van der Waals surface area contributed by atoms with Crippen molar-refractivity contribution in [3.63, 3.8) is 0 Å². The predicted octanol–water partition coefficient (Wildman–Crippen LogP) is 1.84. The predicted molar refractivity (Wildman–Crippen MR) is 60.1 cm³/mol. The van der Waals surface area contributed by atoms with Gasteiger partial charge in [-0.05, 0) is 44.1 Å². The van der Waals surface area contributed by atoms with E-state index in [4.69, 9.17) is 5.73 Å². The third kappa shape index (κ3) is 1.82. The highest BCUT2D eigenvalue weighted by molar-refractivity contribution is 4.99. The summed E-state index contributed by atoms with van der Waals surface area (Å²) in [4.78, 5) is 2.61. The quantitative estimate of drug-likeness (QED) is 0.730. The Morgan fingerprint density at radius 1 is 1.43 bits per heavy atom. The van der Waals surface area contributed by atoms with Gasteiger partial charge in [0.1, 0.15) is 0 Å². The lowest BCUT2D eigenvalue weighted by Gasteiger charge is -2.41. The van der Waals surface area contributed by atoms with Crippen molar-refractivity contribution in [2.45, 2.75) is 52.1 Å². The first kappa shape index (κ1) is 10.4. The molecule has 0 aromatic heterocycles. The number of hydrogen-bond donors (Lipinski definition) is 1. The summed E-state index contributed by atoms with van der Waals surface area (Å²) < 4.78 is 0. The lowest BCUT2D eigenvalue weighted by molar-refractivity contribution is 0.0918. The number of nitrogens with two attached hydrogens (primary N) is 1. The van der Waals surface area contributed by atoms with Crippen LogP contribution in [0.1, 0.15) is 40.0 Å². The van der Waals surface area contributed by atoms with Crippen LogP contribution in [0, 0.1) is 11.3 Å². The summed E-state index contributed by atoms with van der Waals surface area (Å²) >= 11 is 0. The van der Waals surface area contributed by atoms with E-state index in [1.807, 2.05) is 0 Å². The maximum atomic E-state index is 6.13. The van der Waals surface area contributed by atoms with E-state index in [2.05, 4.69) is 25.7 Å². The first-order chi connectivity index (χ1) is 6.53. The molecule has 3 atom stereocenters. The second-order valence-electron chi connectivity index (χ2n) is 5.75. The molecule has 2 rings (SSSR count). The normalized spacial score (nSPS) is 39.4. The first-order valence-electron chi connectivity index (χ1n) is 6.02. The van der Waals surface area contributed by atoms with Gasteiger partial charge in [0.05, 0.1) is 0 Å². The van der Waals surface area contributed by atoms with Crippen molar-refractivity contribution in [2.24, 2.45) is 17.1 Å². The molecule has 2 heteroatoms. The molecule has 2 nitrogen and oxygen atoms in total. The van der Waals surface area contributed by atoms with E-state index >= 15 is 0 Å². The molecule has 0 aromatic rings. The Kier molecular flexibility index (Phi) is 2.61. The van der Waals surface area contributed by atoms with Gasteiger partial charge in [-0.15, -0.1) is 0 Å². The molecule has 1 saturated heterocycles. The maximum absolute atomic E-state index is 6.13. The second-order valence-corrected chi connectivity index (χ2v) is 5.75. The minimum Gasteiger partial charge on any atom is -0.326 e. The van der Waals surface area contributed by atoms with E-state index in [0.29, 0.717) is 17.4 Å². The maximum Gasteiger partial charge on any atom is 0.0194 e. The van der Waals surface area contributed by atoms with Crippen LogP contribution >= 0.6 is 0 Å². The molecule has 1 saturated carbocycles. The van der Waals surface area contributed by atoms with Crippen molar-refractivity contribution in [3.8, 4) is 0 Å². The molecule has 0 aromatic carbocycles. The topological polar surface area (TPSA) is 29.3 Å². The Hall–Kier alpha value is -0.0800. The van der Waals surface area contributed by atoms with Crippen molar-refractivity contribution in [2.75, 3.05) is 13.1 Å². The van der Waals surface area contributed by atoms with Crippen LogP contribution in [-0.2, 0) is 0 Å². The van der Waals surface area contributed by atoms with Gasteiger partial charge in [-0.3, -0.25) is 4.90 Å². The first-order valence-corrected chi connectivity index (χ1v) is 6.02. The van der Waals surface area contributed by atoms with E-state index in [-0.39, 0.29) is 0 Å². The Balaban J connectivity index is 1.92. The molecule has 1 aliphatic heterocycles. The zero-order valence-corrected chi connectivity index (χ0v) is 9.79. The molecule has 82 valence electrons. The van der Waals surface area contributed by atoms with E-state index in [0.717, 1.165) is 12.6 Å². The average molecular weight is 196 g/mol. The number of piperidine rings is 1. The third-order valence-electron chi connectivity index (χ3n) is 4.64. The molecule has 2 fully saturated rings. The lowest BCUT2D eigenvalue weighted by Crippen LogP contribution is -2.52. The van der Waals surface area contributed by atoms with Crippen LogP contribution in [0.5, 0.6) is 0 Å². The molecule has 2 aliphatic rings. The Morgan fingerprint density at radius 2 is 2.07 bits per heavy atom. The molecule has 1 aliphatic carbocycles. The molecular weight excluding hydrogens is 172 g/mol. The number of likely N-dealkylation sites (tertiary alicyclic amines) is 1. The van der Waals surface area contributed by atoms with Gasteiger partial charge in [0.2, 0.25) is 0 Å². The van der Waals surface area contributed by atoms with Crippen LogP contribution in [0.15, 0.2) is 0 Å². The average Bonchev–Trinajstić information content (AvgIpc) is 2.89. The number of nitrogens with zero attached hydrogens (tertiary/aromatic N) is 1. The van der Waals surface area contributed by atoms with Gasteiger partial charge < -0.3 is 5.73 Å². The largest absolute Gasteiger partial charge is 0.326 e. The van der Waals surface area contributed by atoms with Crippen molar-refractivity contribution in [1.82, 2.24) is 4.90 Å².